The fraction of sp³-hybridized carbons (Fsp3) is 0.529. The van der Waals surface area contributed by atoms with E-state index < -0.39 is 11.6 Å². The number of carbonyl (C=O) groups excluding carboxylic acids is 2. The smallest absolute Gasteiger partial charge is 0.254 e. The molecule has 4 nitrogen and oxygen atoms in total. The summed E-state index contributed by atoms with van der Waals surface area (Å²) in [4.78, 5) is 25.5. The average molecular weight is 324 g/mol. The van der Waals surface area contributed by atoms with Crippen molar-refractivity contribution in [2.45, 2.75) is 32.6 Å². The summed E-state index contributed by atoms with van der Waals surface area (Å²) in [5.74, 6) is -1.69. The third-order valence-corrected chi connectivity index (χ3v) is 3.98. The van der Waals surface area contributed by atoms with E-state index in [2.05, 4.69) is 5.32 Å². The summed E-state index contributed by atoms with van der Waals surface area (Å²) in [5.41, 5.74) is 0.0261. The number of likely N-dealkylation sites (tertiary alicyclic amines) is 1. The Bertz CT molecular complexity index is 557. The lowest BCUT2D eigenvalue weighted by molar-refractivity contribution is -0.121. The number of piperidine rings is 1. The van der Waals surface area contributed by atoms with Crippen LogP contribution >= 0.6 is 0 Å². The molecule has 1 aliphatic heterocycles. The molecule has 0 unspecified atom stereocenters. The lowest BCUT2D eigenvalue weighted by Gasteiger charge is -2.33. The van der Waals surface area contributed by atoms with Gasteiger partial charge in [-0.15, -0.1) is 0 Å². The van der Waals surface area contributed by atoms with E-state index in [-0.39, 0.29) is 23.3 Å². The standard InChI is InChI=1S/C17H22F2N2O2/c1-2-4-16(22)20-10-12-5-3-6-21(11-12)17(23)13-7-14(18)9-15(19)8-13/h7-9,12H,2-6,10-11H2,1H3,(H,20,22)/t12-/m1/s1. The van der Waals surface area contributed by atoms with Crippen molar-refractivity contribution in [2.75, 3.05) is 19.6 Å². The Morgan fingerprint density at radius 2 is 1.96 bits per heavy atom. The Kier molecular flexibility index (Phi) is 6.07. The molecule has 1 atom stereocenters. The number of benzene rings is 1. The zero-order chi connectivity index (χ0) is 16.8. The highest BCUT2D eigenvalue weighted by molar-refractivity contribution is 5.94. The van der Waals surface area contributed by atoms with Crippen LogP contribution in [0.1, 0.15) is 43.0 Å². The second-order valence-electron chi connectivity index (χ2n) is 5.97. The number of nitrogens with one attached hydrogen (secondary N) is 1. The quantitative estimate of drug-likeness (QED) is 0.905. The van der Waals surface area contributed by atoms with E-state index in [4.69, 9.17) is 0 Å². The van der Waals surface area contributed by atoms with Crippen molar-refractivity contribution in [1.82, 2.24) is 10.2 Å². The summed E-state index contributed by atoms with van der Waals surface area (Å²) in [7, 11) is 0. The molecule has 0 spiro atoms. The summed E-state index contributed by atoms with van der Waals surface area (Å²) < 4.78 is 26.5. The SMILES string of the molecule is CCCC(=O)NC[C@H]1CCCN(C(=O)c2cc(F)cc(F)c2)C1. The van der Waals surface area contributed by atoms with Crippen molar-refractivity contribution >= 4 is 11.8 Å². The van der Waals surface area contributed by atoms with Gasteiger partial charge in [-0.05, 0) is 37.3 Å². The largest absolute Gasteiger partial charge is 0.356 e. The Morgan fingerprint density at radius 1 is 1.26 bits per heavy atom. The van der Waals surface area contributed by atoms with E-state index >= 15 is 0 Å². The van der Waals surface area contributed by atoms with Gasteiger partial charge < -0.3 is 10.2 Å². The van der Waals surface area contributed by atoms with Gasteiger partial charge in [-0.3, -0.25) is 9.59 Å². The van der Waals surface area contributed by atoms with Crippen LogP contribution in [0.4, 0.5) is 8.78 Å². The predicted molar refractivity (Wildman–Crippen MR) is 82.9 cm³/mol. The molecule has 2 rings (SSSR count). The summed E-state index contributed by atoms with van der Waals surface area (Å²) in [5, 5.41) is 2.87. The van der Waals surface area contributed by atoms with Gasteiger partial charge in [0.15, 0.2) is 0 Å². The van der Waals surface area contributed by atoms with Crippen LogP contribution in [0.3, 0.4) is 0 Å². The zero-order valence-corrected chi connectivity index (χ0v) is 13.3. The lowest BCUT2D eigenvalue weighted by Crippen LogP contribution is -2.43. The van der Waals surface area contributed by atoms with Crippen LogP contribution in [-0.4, -0.2) is 36.3 Å². The molecule has 126 valence electrons. The van der Waals surface area contributed by atoms with Crippen molar-refractivity contribution in [3.05, 3.63) is 35.4 Å². The van der Waals surface area contributed by atoms with Crippen LogP contribution < -0.4 is 5.32 Å². The monoisotopic (exact) mass is 324 g/mol. The first-order valence-corrected chi connectivity index (χ1v) is 8.01. The second-order valence-corrected chi connectivity index (χ2v) is 5.97. The van der Waals surface area contributed by atoms with Gasteiger partial charge in [-0.1, -0.05) is 6.92 Å². The fourth-order valence-electron chi connectivity index (χ4n) is 2.85. The van der Waals surface area contributed by atoms with Gasteiger partial charge in [0, 0.05) is 37.7 Å². The number of nitrogens with zero attached hydrogens (tertiary/aromatic N) is 1. The normalized spacial score (nSPS) is 17.9. The van der Waals surface area contributed by atoms with Crippen molar-refractivity contribution in [3.63, 3.8) is 0 Å². The van der Waals surface area contributed by atoms with E-state index in [1.54, 1.807) is 4.90 Å². The van der Waals surface area contributed by atoms with Crippen molar-refractivity contribution in [3.8, 4) is 0 Å². The molecule has 1 fully saturated rings. The summed E-state index contributed by atoms with van der Waals surface area (Å²) in [6, 6.07) is 2.86. The number of hydrogen-bond acceptors (Lipinski definition) is 2. The minimum atomic E-state index is -0.756. The van der Waals surface area contributed by atoms with Crippen LogP contribution in [0.25, 0.3) is 0 Å². The average Bonchev–Trinajstić information content (AvgIpc) is 2.52. The van der Waals surface area contributed by atoms with Gasteiger partial charge in [0.1, 0.15) is 11.6 Å². The molecule has 0 aromatic heterocycles. The highest BCUT2D eigenvalue weighted by Gasteiger charge is 2.25. The van der Waals surface area contributed by atoms with Crippen molar-refractivity contribution in [2.24, 2.45) is 5.92 Å². The van der Waals surface area contributed by atoms with E-state index in [9.17, 15) is 18.4 Å². The maximum absolute atomic E-state index is 13.3. The topological polar surface area (TPSA) is 49.4 Å². The molecule has 0 radical (unpaired) electrons. The Balaban J connectivity index is 1.94. The molecule has 1 aromatic rings. The molecular weight excluding hydrogens is 302 g/mol. The Morgan fingerprint density at radius 3 is 2.61 bits per heavy atom. The second kappa shape index (κ2) is 8.04. The number of rotatable bonds is 5. The van der Waals surface area contributed by atoms with Crippen LogP contribution in [0.5, 0.6) is 0 Å². The first-order chi connectivity index (χ1) is 11.0. The third-order valence-electron chi connectivity index (χ3n) is 3.98. The first kappa shape index (κ1) is 17.4. The maximum Gasteiger partial charge on any atom is 0.254 e. The molecular formula is C17H22F2N2O2. The van der Waals surface area contributed by atoms with Gasteiger partial charge in [0.05, 0.1) is 0 Å². The van der Waals surface area contributed by atoms with Crippen LogP contribution in [0.15, 0.2) is 18.2 Å². The number of halogens is 2. The summed E-state index contributed by atoms with van der Waals surface area (Å²) in [6.07, 6.45) is 3.04. The van der Waals surface area contributed by atoms with Gasteiger partial charge in [-0.25, -0.2) is 8.78 Å². The molecule has 0 aliphatic carbocycles. The van der Waals surface area contributed by atoms with E-state index in [0.717, 1.165) is 37.5 Å². The van der Waals surface area contributed by atoms with E-state index in [1.807, 2.05) is 6.92 Å². The maximum atomic E-state index is 13.3. The van der Waals surface area contributed by atoms with Crippen LogP contribution in [0, 0.1) is 17.6 Å². The molecule has 6 heteroatoms. The number of amides is 2. The Hall–Kier alpha value is -1.98. The molecule has 1 aliphatic rings. The predicted octanol–water partition coefficient (Wildman–Crippen LogP) is 2.73. The Labute approximate surface area is 134 Å². The van der Waals surface area contributed by atoms with Gasteiger partial charge in [-0.2, -0.15) is 0 Å². The molecule has 2 amide bonds. The minimum Gasteiger partial charge on any atom is -0.356 e. The summed E-state index contributed by atoms with van der Waals surface area (Å²) >= 11 is 0. The summed E-state index contributed by atoms with van der Waals surface area (Å²) in [6.45, 7) is 3.53. The molecule has 1 aromatic carbocycles. The van der Waals surface area contributed by atoms with Gasteiger partial charge >= 0.3 is 0 Å². The van der Waals surface area contributed by atoms with Crippen molar-refractivity contribution in [1.29, 1.82) is 0 Å². The molecule has 1 heterocycles. The van der Waals surface area contributed by atoms with E-state index in [0.29, 0.717) is 26.1 Å². The highest BCUT2D eigenvalue weighted by atomic mass is 19.1. The number of carbonyl (C=O) groups is 2. The van der Waals surface area contributed by atoms with Crippen molar-refractivity contribution < 1.29 is 18.4 Å². The highest BCUT2D eigenvalue weighted by Crippen LogP contribution is 2.19. The molecule has 0 bridgehead atoms. The van der Waals surface area contributed by atoms with Crippen LogP contribution in [0.2, 0.25) is 0 Å². The molecule has 1 saturated heterocycles. The third kappa shape index (κ3) is 5.01. The minimum absolute atomic E-state index is 0.0168. The first-order valence-electron chi connectivity index (χ1n) is 8.01. The molecule has 23 heavy (non-hydrogen) atoms. The van der Waals surface area contributed by atoms with E-state index in [1.165, 1.54) is 0 Å². The number of hydrogen-bond donors (Lipinski definition) is 1. The van der Waals surface area contributed by atoms with Crippen LogP contribution in [-0.2, 0) is 4.79 Å². The molecule has 1 N–H and O–H groups in total. The lowest BCUT2D eigenvalue weighted by atomic mass is 9.97. The van der Waals surface area contributed by atoms with Gasteiger partial charge in [0.25, 0.3) is 5.91 Å². The van der Waals surface area contributed by atoms with Gasteiger partial charge in [0.2, 0.25) is 5.91 Å². The fourth-order valence-corrected chi connectivity index (χ4v) is 2.85. The molecule has 0 saturated carbocycles. The zero-order valence-electron chi connectivity index (χ0n) is 13.3.